The maximum Gasteiger partial charge on any atom is 0.342 e. The standard InChI is InChI=1S/C22H28O8/c1-15-7-5-9-19(24)28-11-3-4-12-29-20(25)10-6-8-16-13-17(27-2)14-18(23)21(16)22(26)30-15/h6,8,13-15,23H,3-5,7,9-12H2,1-2H3. The van der Waals surface area contributed by atoms with Crippen molar-refractivity contribution >= 4 is 24.0 Å². The number of phenols is 1. The number of phenolic OH excluding ortho intramolecular Hbond substituents is 1. The van der Waals surface area contributed by atoms with Gasteiger partial charge in [-0.25, -0.2) is 4.79 Å². The van der Waals surface area contributed by atoms with Gasteiger partial charge in [-0.1, -0.05) is 12.2 Å². The lowest BCUT2D eigenvalue weighted by atomic mass is 10.0. The summed E-state index contributed by atoms with van der Waals surface area (Å²) in [6, 6.07) is 2.89. The zero-order chi connectivity index (χ0) is 21.9. The number of ether oxygens (including phenoxy) is 4. The molecule has 1 atom stereocenters. The topological polar surface area (TPSA) is 108 Å². The molecule has 2 rings (SSSR count). The molecule has 0 aromatic heterocycles. The van der Waals surface area contributed by atoms with Crippen molar-refractivity contribution in [1.82, 2.24) is 0 Å². The molecule has 8 heteroatoms. The van der Waals surface area contributed by atoms with E-state index in [-0.39, 0.29) is 43.3 Å². The fraction of sp³-hybridized carbons (Fsp3) is 0.500. The van der Waals surface area contributed by atoms with Crippen LogP contribution in [0.2, 0.25) is 0 Å². The second kappa shape index (κ2) is 11.8. The van der Waals surface area contributed by atoms with Crippen molar-refractivity contribution in [3.63, 3.8) is 0 Å². The largest absolute Gasteiger partial charge is 0.507 e. The molecular weight excluding hydrogens is 392 g/mol. The van der Waals surface area contributed by atoms with Gasteiger partial charge in [-0.05, 0) is 44.2 Å². The van der Waals surface area contributed by atoms with Gasteiger partial charge in [0, 0.05) is 12.5 Å². The maximum atomic E-state index is 12.7. The van der Waals surface area contributed by atoms with Gasteiger partial charge >= 0.3 is 17.9 Å². The van der Waals surface area contributed by atoms with Gasteiger partial charge in [-0.3, -0.25) is 9.59 Å². The van der Waals surface area contributed by atoms with Crippen LogP contribution >= 0.6 is 0 Å². The van der Waals surface area contributed by atoms with Crippen LogP contribution in [0.25, 0.3) is 6.08 Å². The van der Waals surface area contributed by atoms with Crippen molar-refractivity contribution in [3.05, 3.63) is 29.3 Å². The Morgan fingerprint density at radius 3 is 2.43 bits per heavy atom. The first-order chi connectivity index (χ1) is 14.4. The molecule has 0 spiro atoms. The number of rotatable bonds is 1. The summed E-state index contributed by atoms with van der Waals surface area (Å²) in [4.78, 5) is 36.3. The summed E-state index contributed by atoms with van der Waals surface area (Å²) >= 11 is 0. The summed E-state index contributed by atoms with van der Waals surface area (Å²) in [6.07, 6.45) is 5.04. The lowest BCUT2D eigenvalue weighted by molar-refractivity contribution is -0.145. The summed E-state index contributed by atoms with van der Waals surface area (Å²) in [5.74, 6) is -1.38. The fourth-order valence-electron chi connectivity index (χ4n) is 2.92. The van der Waals surface area contributed by atoms with Crippen molar-refractivity contribution in [1.29, 1.82) is 0 Å². The SMILES string of the molecule is COc1cc(O)c2c(c1)C=CCC(=O)OCCCCOC(=O)CCCC(C)OC2=O. The lowest BCUT2D eigenvalue weighted by Gasteiger charge is -2.16. The van der Waals surface area contributed by atoms with Gasteiger partial charge in [-0.15, -0.1) is 0 Å². The van der Waals surface area contributed by atoms with E-state index in [0.717, 1.165) is 0 Å². The Balaban J connectivity index is 2.22. The van der Waals surface area contributed by atoms with Gasteiger partial charge in [0.25, 0.3) is 0 Å². The minimum atomic E-state index is -0.703. The minimum Gasteiger partial charge on any atom is -0.507 e. The molecule has 0 amide bonds. The molecule has 8 nitrogen and oxygen atoms in total. The Labute approximate surface area is 175 Å². The van der Waals surface area contributed by atoms with E-state index in [4.69, 9.17) is 18.9 Å². The monoisotopic (exact) mass is 420 g/mol. The molecule has 0 saturated heterocycles. The third kappa shape index (κ3) is 7.42. The average Bonchev–Trinajstić information content (AvgIpc) is 2.69. The smallest absolute Gasteiger partial charge is 0.342 e. The molecular formula is C22H28O8. The number of methoxy groups -OCH3 is 1. The van der Waals surface area contributed by atoms with Crippen LogP contribution in [-0.2, 0) is 23.8 Å². The van der Waals surface area contributed by atoms with Crippen LogP contribution in [0.4, 0.5) is 0 Å². The molecule has 0 saturated carbocycles. The highest BCUT2D eigenvalue weighted by Gasteiger charge is 2.21. The summed E-state index contributed by atoms with van der Waals surface area (Å²) < 4.78 is 20.8. The number of hydrogen-bond acceptors (Lipinski definition) is 8. The molecule has 0 aliphatic carbocycles. The van der Waals surface area contributed by atoms with Gasteiger partial charge in [0.2, 0.25) is 0 Å². The number of fused-ring (bicyclic) bond motifs is 1. The van der Waals surface area contributed by atoms with Crippen LogP contribution in [0.3, 0.4) is 0 Å². The van der Waals surface area contributed by atoms with Crippen molar-refractivity contribution < 1.29 is 38.4 Å². The van der Waals surface area contributed by atoms with Gasteiger partial charge in [-0.2, -0.15) is 0 Å². The number of hydrogen-bond donors (Lipinski definition) is 1. The number of carbonyl (C=O) groups is 3. The van der Waals surface area contributed by atoms with E-state index in [1.165, 1.54) is 13.2 Å². The zero-order valence-corrected chi connectivity index (χ0v) is 17.3. The number of cyclic esters (lactones) is 3. The zero-order valence-electron chi connectivity index (χ0n) is 17.3. The Hall–Kier alpha value is -3.03. The molecule has 1 aromatic rings. The molecule has 1 aromatic carbocycles. The molecule has 1 aliphatic heterocycles. The van der Waals surface area contributed by atoms with Crippen LogP contribution in [-0.4, -0.2) is 49.4 Å². The Kier molecular flexibility index (Phi) is 9.18. The average molecular weight is 420 g/mol. The van der Waals surface area contributed by atoms with E-state index in [0.29, 0.717) is 37.0 Å². The highest BCUT2D eigenvalue weighted by molar-refractivity contribution is 5.97. The van der Waals surface area contributed by atoms with E-state index < -0.39 is 18.0 Å². The van der Waals surface area contributed by atoms with Crippen molar-refractivity contribution in [3.8, 4) is 11.5 Å². The number of carbonyl (C=O) groups excluding carboxylic acids is 3. The molecule has 1 unspecified atom stereocenters. The van der Waals surface area contributed by atoms with Crippen LogP contribution in [0.5, 0.6) is 11.5 Å². The minimum absolute atomic E-state index is 0.00213. The number of esters is 3. The first kappa shape index (κ1) is 23.3. The van der Waals surface area contributed by atoms with Gasteiger partial charge in [0.15, 0.2) is 0 Å². The molecule has 1 N–H and O–H groups in total. The highest BCUT2D eigenvalue weighted by atomic mass is 16.5. The van der Waals surface area contributed by atoms with Gasteiger partial charge in [0.1, 0.15) is 17.1 Å². The first-order valence-electron chi connectivity index (χ1n) is 10.0. The van der Waals surface area contributed by atoms with E-state index in [9.17, 15) is 19.5 Å². The molecule has 164 valence electrons. The predicted octanol–water partition coefficient (Wildman–Crippen LogP) is 3.40. The summed E-state index contributed by atoms with van der Waals surface area (Å²) in [6.45, 7) is 2.23. The molecule has 0 fully saturated rings. The van der Waals surface area contributed by atoms with Crippen molar-refractivity contribution in [2.45, 2.75) is 51.6 Å². The third-order valence-corrected chi connectivity index (χ3v) is 4.51. The van der Waals surface area contributed by atoms with Crippen LogP contribution in [0.1, 0.15) is 61.4 Å². The molecule has 0 radical (unpaired) electrons. The summed E-state index contributed by atoms with van der Waals surface area (Å²) in [5, 5.41) is 10.3. The van der Waals surface area contributed by atoms with Crippen LogP contribution in [0, 0.1) is 0 Å². The predicted molar refractivity (Wildman–Crippen MR) is 108 cm³/mol. The fourth-order valence-corrected chi connectivity index (χ4v) is 2.92. The second-order valence-electron chi connectivity index (χ2n) is 6.97. The third-order valence-electron chi connectivity index (χ3n) is 4.51. The Morgan fingerprint density at radius 1 is 1.03 bits per heavy atom. The summed E-state index contributed by atoms with van der Waals surface area (Å²) in [5.41, 5.74) is 0.336. The number of aromatic hydroxyl groups is 1. The van der Waals surface area contributed by atoms with Crippen molar-refractivity contribution in [2.75, 3.05) is 20.3 Å². The molecule has 0 bridgehead atoms. The van der Waals surface area contributed by atoms with Crippen molar-refractivity contribution in [2.24, 2.45) is 0 Å². The molecule has 1 heterocycles. The first-order valence-corrected chi connectivity index (χ1v) is 10.0. The van der Waals surface area contributed by atoms with E-state index in [1.54, 1.807) is 25.1 Å². The Morgan fingerprint density at radius 2 is 1.73 bits per heavy atom. The lowest BCUT2D eigenvalue weighted by Crippen LogP contribution is -2.17. The maximum absolute atomic E-state index is 12.7. The van der Waals surface area contributed by atoms with Gasteiger partial charge < -0.3 is 24.1 Å². The van der Waals surface area contributed by atoms with E-state index in [1.807, 2.05) is 0 Å². The normalized spacial score (nSPS) is 19.9. The Bertz CT molecular complexity index is 784. The quantitative estimate of drug-likeness (QED) is 0.544. The van der Waals surface area contributed by atoms with E-state index >= 15 is 0 Å². The summed E-state index contributed by atoms with van der Waals surface area (Å²) in [7, 11) is 1.44. The second-order valence-corrected chi connectivity index (χ2v) is 6.97. The molecule has 1 aliphatic rings. The number of benzene rings is 1. The van der Waals surface area contributed by atoms with Gasteiger partial charge in [0.05, 0.1) is 32.8 Å². The van der Waals surface area contributed by atoms with Crippen LogP contribution in [0.15, 0.2) is 18.2 Å². The highest BCUT2D eigenvalue weighted by Crippen LogP contribution is 2.30. The van der Waals surface area contributed by atoms with E-state index in [2.05, 4.69) is 0 Å². The van der Waals surface area contributed by atoms with Crippen LogP contribution < -0.4 is 4.74 Å². The molecule has 30 heavy (non-hydrogen) atoms.